The molecule has 1 unspecified atom stereocenters. The van der Waals surface area contributed by atoms with E-state index in [1.54, 1.807) is 0 Å². The highest BCUT2D eigenvalue weighted by atomic mass is 16.3. The fraction of sp³-hybridized carbons (Fsp3) is 0.647. The van der Waals surface area contributed by atoms with Gasteiger partial charge in [-0.15, -0.1) is 0 Å². The van der Waals surface area contributed by atoms with Crippen LogP contribution in [0.25, 0.3) is 0 Å². The van der Waals surface area contributed by atoms with E-state index in [0.29, 0.717) is 6.04 Å². The van der Waals surface area contributed by atoms with Crippen LogP contribution >= 0.6 is 0 Å². The molecular formula is C17H30N2O. The van der Waals surface area contributed by atoms with Crippen molar-refractivity contribution in [3.8, 4) is 0 Å². The number of rotatable bonds is 8. The van der Waals surface area contributed by atoms with Crippen molar-refractivity contribution in [2.75, 3.05) is 25.1 Å². The van der Waals surface area contributed by atoms with E-state index < -0.39 is 0 Å². The second-order valence-corrected chi connectivity index (χ2v) is 6.33. The van der Waals surface area contributed by atoms with Crippen LogP contribution in [-0.2, 0) is 0 Å². The number of hydrogen-bond acceptors (Lipinski definition) is 3. The number of aliphatic hydroxyl groups is 1. The zero-order valence-corrected chi connectivity index (χ0v) is 13.6. The van der Waals surface area contributed by atoms with Crippen molar-refractivity contribution in [2.45, 2.75) is 52.1 Å². The van der Waals surface area contributed by atoms with Gasteiger partial charge in [-0.25, -0.2) is 0 Å². The smallest absolute Gasteiger partial charge is 0.0610 e. The Bertz CT molecular complexity index is 406. The topological polar surface area (TPSA) is 35.5 Å². The molecule has 0 spiro atoms. The number of aliphatic hydroxyl groups excluding tert-OH is 1. The van der Waals surface area contributed by atoms with Gasteiger partial charge in [0, 0.05) is 30.9 Å². The second-order valence-electron chi connectivity index (χ2n) is 6.33. The standard InChI is InChI=1S/C17H30N2O/c1-14(2)18-17(4,13-20)11-8-12-19(5)16-10-7-6-9-15(16)3/h6-7,9-10,14,18,20H,8,11-13H2,1-5H3. The number of aryl methyl sites for hydroxylation is 1. The first kappa shape index (κ1) is 17.0. The van der Waals surface area contributed by atoms with Crippen LogP contribution in [0.15, 0.2) is 24.3 Å². The van der Waals surface area contributed by atoms with E-state index in [0.717, 1.165) is 19.4 Å². The van der Waals surface area contributed by atoms with Crippen LogP contribution in [-0.4, -0.2) is 36.9 Å². The summed E-state index contributed by atoms with van der Waals surface area (Å²) in [7, 11) is 2.13. The predicted octanol–water partition coefficient (Wildman–Crippen LogP) is 2.96. The molecule has 0 radical (unpaired) electrons. The molecule has 0 saturated heterocycles. The largest absolute Gasteiger partial charge is 0.394 e. The third-order valence-electron chi connectivity index (χ3n) is 3.73. The van der Waals surface area contributed by atoms with Crippen molar-refractivity contribution in [3.05, 3.63) is 29.8 Å². The molecular weight excluding hydrogens is 248 g/mol. The Balaban J connectivity index is 2.49. The lowest BCUT2D eigenvalue weighted by molar-refractivity contribution is 0.155. The minimum Gasteiger partial charge on any atom is -0.394 e. The number of benzene rings is 1. The van der Waals surface area contributed by atoms with Crippen LogP contribution < -0.4 is 10.2 Å². The van der Waals surface area contributed by atoms with Crippen molar-refractivity contribution in [1.29, 1.82) is 0 Å². The van der Waals surface area contributed by atoms with E-state index in [1.165, 1.54) is 11.3 Å². The fourth-order valence-corrected chi connectivity index (χ4v) is 2.71. The van der Waals surface area contributed by atoms with Crippen LogP contribution in [0.3, 0.4) is 0 Å². The molecule has 0 bridgehead atoms. The number of para-hydroxylation sites is 1. The van der Waals surface area contributed by atoms with Gasteiger partial charge in [-0.1, -0.05) is 32.0 Å². The molecule has 0 amide bonds. The van der Waals surface area contributed by atoms with Crippen molar-refractivity contribution in [3.63, 3.8) is 0 Å². The van der Waals surface area contributed by atoms with Gasteiger partial charge in [-0.2, -0.15) is 0 Å². The van der Waals surface area contributed by atoms with Crippen LogP contribution in [0.1, 0.15) is 39.2 Å². The maximum Gasteiger partial charge on any atom is 0.0610 e. The molecule has 0 heterocycles. The summed E-state index contributed by atoms with van der Waals surface area (Å²) >= 11 is 0. The van der Waals surface area contributed by atoms with Gasteiger partial charge in [0.2, 0.25) is 0 Å². The third-order valence-corrected chi connectivity index (χ3v) is 3.73. The molecule has 3 heteroatoms. The molecule has 3 nitrogen and oxygen atoms in total. The lowest BCUT2D eigenvalue weighted by Gasteiger charge is -2.32. The van der Waals surface area contributed by atoms with E-state index in [9.17, 15) is 5.11 Å². The van der Waals surface area contributed by atoms with Gasteiger partial charge in [-0.05, 0) is 38.3 Å². The molecule has 0 aliphatic carbocycles. The second kappa shape index (κ2) is 7.65. The Kier molecular flexibility index (Phi) is 6.50. The van der Waals surface area contributed by atoms with Gasteiger partial charge in [-0.3, -0.25) is 0 Å². The maximum absolute atomic E-state index is 9.58. The molecule has 0 saturated carbocycles. The molecule has 1 aromatic carbocycles. The molecule has 0 aromatic heterocycles. The van der Waals surface area contributed by atoms with E-state index in [-0.39, 0.29) is 12.1 Å². The summed E-state index contributed by atoms with van der Waals surface area (Å²) in [5, 5.41) is 13.0. The molecule has 0 fully saturated rings. The minimum absolute atomic E-state index is 0.180. The Morgan fingerprint density at radius 3 is 2.50 bits per heavy atom. The quantitative estimate of drug-likeness (QED) is 0.767. The zero-order valence-electron chi connectivity index (χ0n) is 13.6. The Labute approximate surface area is 124 Å². The molecule has 1 rings (SSSR count). The predicted molar refractivity (Wildman–Crippen MR) is 87.4 cm³/mol. The highest BCUT2D eigenvalue weighted by molar-refractivity contribution is 5.52. The number of hydrogen-bond donors (Lipinski definition) is 2. The highest BCUT2D eigenvalue weighted by Gasteiger charge is 2.23. The van der Waals surface area contributed by atoms with E-state index in [4.69, 9.17) is 0 Å². The summed E-state index contributed by atoms with van der Waals surface area (Å²) in [5.74, 6) is 0. The van der Waals surface area contributed by atoms with Crippen LogP contribution in [0.2, 0.25) is 0 Å². The van der Waals surface area contributed by atoms with E-state index >= 15 is 0 Å². The van der Waals surface area contributed by atoms with E-state index in [1.807, 2.05) is 0 Å². The average Bonchev–Trinajstić information content (AvgIpc) is 2.38. The van der Waals surface area contributed by atoms with Gasteiger partial charge in [0.1, 0.15) is 0 Å². The molecule has 114 valence electrons. The van der Waals surface area contributed by atoms with Crippen LogP contribution in [0, 0.1) is 6.92 Å². The SMILES string of the molecule is Cc1ccccc1N(C)CCCC(C)(CO)NC(C)C. The van der Waals surface area contributed by atoms with Gasteiger partial charge in [0.05, 0.1) is 6.61 Å². The number of nitrogens with zero attached hydrogens (tertiary/aromatic N) is 1. The molecule has 0 aliphatic rings. The number of anilines is 1. The lowest BCUT2D eigenvalue weighted by Crippen LogP contribution is -2.49. The highest BCUT2D eigenvalue weighted by Crippen LogP contribution is 2.19. The first-order valence-corrected chi connectivity index (χ1v) is 7.53. The van der Waals surface area contributed by atoms with Crippen LogP contribution in [0.5, 0.6) is 0 Å². The monoisotopic (exact) mass is 278 g/mol. The molecule has 1 aromatic rings. The molecule has 2 N–H and O–H groups in total. The first-order chi connectivity index (χ1) is 9.38. The summed E-state index contributed by atoms with van der Waals surface area (Å²) in [6.45, 7) is 9.66. The number of nitrogens with one attached hydrogen (secondary N) is 1. The third kappa shape index (κ3) is 5.14. The Morgan fingerprint density at radius 1 is 1.30 bits per heavy atom. The fourth-order valence-electron chi connectivity index (χ4n) is 2.71. The zero-order chi connectivity index (χ0) is 15.2. The minimum atomic E-state index is -0.180. The average molecular weight is 278 g/mol. The Morgan fingerprint density at radius 2 is 1.95 bits per heavy atom. The van der Waals surface area contributed by atoms with Crippen molar-refractivity contribution >= 4 is 5.69 Å². The van der Waals surface area contributed by atoms with Gasteiger partial charge in [0.15, 0.2) is 0 Å². The summed E-state index contributed by atoms with van der Waals surface area (Å²) in [6.07, 6.45) is 2.03. The van der Waals surface area contributed by atoms with Gasteiger partial charge < -0.3 is 15.3 Å². The van der Waals surface area contributed by atoms with Crippen molar-refractivity contribution < 1.29 is 5.11 Å². The molecule has 1 atom stereocenters. The Hall–Kier alpha value is -1.06. The van der Waals surface area contributed by atoms with Crippen LogP contribution in [0.4, 0.5) is 5.69 Å². The normalized spacial score (nSPS) is 14.3. The summed E-state index contributed by atoms with van der Waals surface area (Å²) in [6, 6.07) is 8.84. The molecule has 20 heavy (non-hydrogen) atoms. The summed E-state index contributed by atoms with van der Waals surface area (Å²) in [5.41, 5.74) is 2.41. The van der Waals surface area contributed by atoms with E-state index in [2.05, 4.69) is 69.2 Å². The van der Waals surface area contributed by atoms with Gasteiger partial charge >= 0.3 is 0 Å². The molecule has 0 aliphatic heterocycles. The van der Waals surface area contributed by atoms with Gasteiger partial charge in [0.25, 0.3) is 0 Å². The van der Waals surface area contributed by atoms with Crippen molar-refractivity contribution in [1.82, 2.24) is 5.32 Å². The first-order valence-electron chi connectivity index (χ1n) is 7.53. The summed E-state index contributed by atoms with van der Waals surface area (Å²) in [4.78, 5) is 2.29. The lowest BCUT2D eigenvalue weighted by atomic mass is 9.95. The summed E-state index contributed by atoms with van der Waals surface area (Å²) < 4.78 is 0. The maximum atomic E-state index is 9.58. The van der Waals surface area contributed by atoms with Crippen molar-refractivity contribution in [2.24, 2.45) is 0 Å².